The van der Waals surface area contributed by atoms with Gasteiger partial charge in [0.25, 0.3) is 0 Å². The SMILES string of the molecule is COC(=O)COc1c(Cl)cc(/C=N\NCc2ccccc2Cl)cc1OC. The Morgan fingerprint density at radius 2 is 1.96 bits per heavy atom. The molecule has 0 aliphatic heterocycles. The molecule has 138 valence electrons. The van der Waals surface area contributed by atoms with E-state index >= 15 is 0 Å². The van der Waals surface area contributed by atoms with Gasteiger partial charge in [0.2, 0.25) is 0 Å². The first kappa shape index (κ1) is 19.9. The maximum Gasteiger partial charge on any atom is 0.343 e. The van der Waals surface area contributed by atoms with E-state index < -0.39 is 5.97 Å². The maximum atomic E-state index is 11.2. The van der Waals surface area contributed by atoms with Crippen LogP contribution in [0.2, 0.25) is 10.0 Å². The number of carbonyl (C=O) groups excluding carboxylic acids is 1. The highest BCUT2D eigenvalue weighted by Gasteiger charge is 2.13. The van der Waals surface area contributed by atoms with E-state index in [9.17, 15) is 4.79 Å². The Hall–Kier alpha value is -2.44. The molecule has 0 aliphatic carbocycles. The molecular weight excluding hydrogens is 379 g/mol. The molecule has 26 heavy (non-hydrogen) atoms. The largest absolute Gasteiger partial charge is 0.493 e. The van der Waals surface area contributed by atoms with Gasteiger partial charge in [0.1, 0.15) is 0 Å². The number of ether oxygens (including phenoxy) is 3. The summed E-state index contributed by atoms with van der Waals surface area (Å²) < 4.78 is 15.2. The molecule has 2 rings (SSSR count). The van der Waals surface area contributed by atoms with Gasteiger partial charge in [-0.05, 0) is 29.3 Å². The van der Waals surface area contributed by atoms with E-state index in [1.165, 1.54) is 14.2 Å². The summed E-state index contributed by atoms with van der Waals surface area (Å²) in [6.07, 6.45) is 1.59. The first-order valence-corrected chi connectivity index (χ1v) is 8.37. The number of hydrogen-bond acceptors (Lipinski definition) is 6. The van der Waals surface area contributed by atoms with E-state index in [-0.39, 0.29) is 12.4 Å². The van der Waals surface area contributed by atoms with Crippen molar-refractivity contribution in [1.82, 2.24) is 5.43 Å². The van der Waals surface area contributed by atoms with Gasteiger partial charge in [-0.1, -0.05) is 41.4 Å². The predicted octanol–water partition coefficient (Wildman–Crippen LogP) is 3.68. The molecule has 2 aromatic carbocycles. The highest BCUT2D eigenvalue weighted by molar-refractivity contribution is 6.32. The smallest absolute Gasteiger partial charge is 0.343 e. The van der Waals surface area contributed by atoms with Crippen LogP contribution in [0.3, 0.4) is 0 Å². The second-order valence-electron chi connectivity index (χ2n) is 5.08. The Morgan fingerprint density at radius 1 is 1.19 bits per heavy atom. The summed E-state index contributed by atoms with van der Waals surface area (Å²) >= 11 is 12.3. The van der Waals surface area contributed by atoms with E-state index in [1.54, 1.807) is 18.3 Å². The molecule has 0 atom stereocenters. The Labute approximate surface area is 161 Å². The van der Waals surface area contributed by atoms with Gasteiger partial charge < -0.3 is 19.6 Å². The molecular formula is C18H18Cl2N2O4. The number of nitrogens with one attached hydrogen (secondary N) is 1. The van der Waals surface area contributed by atoms with E-state index in [0.717, 1.165) is 5.56 Å². The lowest BCUT2D eigenvalue weighted by atomic mass is 10.2. The third kappa shape index (κ3) is 5.54. The van der Waals surface area contributed by atoms with Gasteiger partial charge in [0.05, 0.1) is 32.0 Å². The van der Waals surface area contributed by atoms with Crippen molar-refractivity contribution in [2.75, 3.05) is 20.8 Å². The molecule has 0 spiro atoms. The minimum atomic E-state index is -0.516. The summed E-state index contributed by atoms with van der Waals surface area (Å²) in [4.78, 5) is 11.2. The molecule has 6 nitrogen and oxygen atoms in total. The molecule has 1 N–H and O–H groups in total. The van der Waals surface area contributed by atoms with Crippen LogP contribution in [0.4, 0.5) is 0 Å². The minimum Gasteiger partial charge on any atom is -0.493 e. The van der Waals surface area contributed by atoms with Crippen LogP contribution in [-0.4, -0.2) is 33.0 Å². The van der Waals surface area contributed by atoms with Crippen LogP contribution in [0.1, 0.15) is 11.1 Å². The fourth-order valence-corrected chi connectivity index (χ4v) is 2.51. The molecule has 0 unspecified atom stereocenters. The Morgan fingerprint density at radius 3 is 2.65 bits per heavy atom. The van der Waals surface area contributed by atoms with Crippen LogP contribution < -0.4 is 14.9 Å². The second kappa shape index (κ2) is 9.89. The molecule has 0 saturated carbocycles. The molecule has 2 aromatic rings. The van der Waals surface area contributed by atoms with Gasteiger partial charge in [-0.2, -0.15) is 5.10 Å². The lowest BCUT2D eigenvalue weighted by molar-refractivity contribution is -0.142. The van der Waals surface area contributed by atoms with Crippen LogP contribution in [0.15, 0.2) is 41.5 Å². The van der Waals surface area contributed by atoms with E-state index in [4.69, 9.17) is 32.7 Å². The van der Waals surface area contributed by atoms with Crippen LogP contribution in [0.25, 0.3) is 0 Å². The molecule has 0 fully saturated rings. The van der Waals surface area contributed by atoms with E-state index in [1.807, 2.05) is 24.3 Å². The number of benzene rings is 2. The molecule has 8 heteroatoms. The molecule has 0 aromatic heterocycles. The summed E-state index contributed by atoms with van der Waals surface area (Å²) in [5, 5.41) is 5.11. The number of methoxy groups -OCH3 is 2. The first-order chi connectivity index (χ1) is 12.5. The molecule has 0 saturated heterocycles. The van der Waals surface area contributed by atoms with Gasteiger partial charge in [-0.3, -0.25) is 0 Å². The van der Waals surface area contributed by atoms with Crippen molar-refractivity contribution in [3.63, 3.8) is 0 Å². The minimum absolute atomic E-state index is 0.264. The summed E-state index contributed by atoms with van der Waals surface area (Å²) in [5.41, 5.74) is 4.56. The molecule has 0 amide bonds. The average Bonchev–Trinajstić information content (AvgIpc) is 2.64. The van der Waals surface area contributed by atoms with Crippen molar-refractivity contribution in [3.8, 4) is 11.5 Å². The number of rotatable bonds is 8. The molecule has 0 aliphatic rings. The number of carbonyl (C=O) groups is 1. The Bertz CT molecular complexity index is 797. The quantitative estimate of drug-likeness (QED) is 0.418. The Balaban J connectivity index is 2.04. The van der Waals surface area contributed by atoms with Crippen molar-refractivity contribution in [1.29, 1.82) is 0 Å². The summed E-state index contributed by atoms with van der Waals surface area (Å²) in [6, 6.07) is 10.9. The molecule has 0 bridgehead atoms. The summed E-state index contributed by atoms with van der Waals surface area (Å²) in [5.74, 6) is 0.132. The van der Waals surface area contributed by atoms with E-state index in [0.29, 0.717) is 27.9 Å². The highest BCUT2D eigenvalue weighted by Crippen LogP contribution is 2.36. The van der Waals surface area contributed by atoms with Crippen molar-refractivity contribution in [2.24, 2.45) is 5.10 Å². The van der Waals surface area contributed by atoms with Crippen molar-refractivity contribution < 1.29 is 19.0 Å². The zero-order valence-electron chi connectivity index (χ0n) is 14.3. The van der Waals surface area contributed by atoms with Crippen molar-refractivity contribution in [2.45, 2.75) is 6.54 Å². The zero-order chi connectivity index (χ0) is 18.9. The molecule has 0 heterocycles. The van der Waals surface area contributed by atoms with Gasteiger partial charge in [0, 0.05) is 5.02 Å². The summed E-state index contributed by atoms with van der Waals surface area (Å²) in [6.45, 7) is 0.223. The normalized spacial score (nSPS) is 10.6. The lowest BCUT2D eigenvalue weighted by Crippen LogP contribution is -2.13. The number of halogens is 2. The Kier molecular flexibility index (Phi) is 7.56. The highest BCUT2D eigenvalue weighted by atomic mass is 35.5. The number of hydrogen-bond donors (Lipinski definition) is 1. The average molecular weight is 397 g/mol. The van der Waals surface area contributed by atoms with Crippen LogP contribution in [-0.2, 0) is 16.1 Å². The van der Waals surface area contributed by atoms with Gasteiger partial charge in [-0.25, -0.2) is 4.79 Å². The third-order valence-corrected chi connectivity index (χ3v) is 4.00. The van der Waals surface area contributed by atoms with Crippen molar-refractivity contribution in [3.05, 3.63) is 57.6 Å². The van der Waals surface area contributed by atoms with Gasteiger partial charge in [0.15, 0.2) is 18.1 Å². The predicted molar refractivity (Wildman–Crippen MR) is 101 cm³/mol. The van der Waals surface area contributed by atoms with Gasteiger partial charge in [-0.15, -0.1) is 0 Å². The lowest BCUT2D eigenvalue weighted by Gasteiger charge is -2.12. The standard InChI is InChI=1S/C18H18Cl2N2O4/c1-24-16-8-12(7-15(20)18(16)26-11-17(23)25-2)9-21-22-10-13-5-3-4-6-14(13)19/h3-9,22H,10-11H2,1-2H3/b21-9-. The second-order valence-corrected chi connectivity index (χ2v) is 5.90. The van der Waals surface area contributed by atoms with E-state index in [2.05, 4.69) is 15.3 Å². The monoisotopic (exact) mass is 396 g/mol. The first-order valence-electron chi connectivity index (χ1n) is 7.61. The maximum absolute atomic E-state index is 11.2. The summed E-state index contributed by atoms with van der Waals surface area (Å²) in [7, 11) is 2.76. The van der Waals surface area contributed by atoms with Crippen molar-refractivity contribution >= 4 is 35.4 Å². The number of hydrazone groups is 1. The number of esters is 1. The topological polar surface area (TPSA) is 69.2 Å². The number of nitrogens with zero attached hydrogens (tertiary/aromatic N) is 1. The van der Waals surface area contributed by atoms with Gasteiger partial charge >= 0.3 is 5.97 Å². The third-order valence-electron chi connectivity index (χ3n) is 3.35. The van der Waals surface area contributed by atoms with Crippen LogP contribution >= 0.6 is 23.2 Å². The zero-order valence-corrected chi connectivity index (χ0v) is 15.8. The molecule has 0 radical (unpaired) electrons. The van der Waals surface area contributed by atoms with Crippen LogP contribution in [0.5, 0.6) is 11.5 Å². The fourth-order valence-electron chi connectivity index (χ4n) is 2.04. The van der Waals surface area contributed by atoms with Crippen LogP contribution in [0, 0.1) is 0 Å². The fraction of sp³-hybridized carbons (Fsp3) is 0.222.